The summed E-state index contributed by atoms with van der Waals surface area (Å²) < 4.78 is 27.3. The molecule has 0 bridgehead atoms. The van der Waals surface area contributed by atoms with E-state index in [9.17, 15) is 8.42 Å². The van der Waals surface area contributed by atoms with E-state index in [0.29, 0.717) is 17.5 Å². The van der Waals surface area contributed by atoms with Crippen LogP contribution in [0.25, 0.3) is 0 Å². The van der Waals surface area contributed by atoms with E-state index >= 15 is 0 Å². The van der Waals surface area contributed by atoms with E-state index in [0.717, 1.165) is 31.7 Å². The molecular formula is C14H23N3O2S. The van der Waals surface area contributed by atoms with Crippen molar-refractivity contribution in [3.63, 3.8) is 0 Å². The molecule has 1 fully saturated rings. The van der Waals surface area contributed by atoms with Crippen LogP contribution >= 0.6 is 0 Å². The molecule has 112 valence electrons. The van der Waals surface area contributed by atoms with Crippen LogP contribution in [0.15, 0.2) is 29.2 Å². The zero-order chi connectivity index (χ0) is 14.6. The first-order chi connectivity index (χ1) is 9.60. The van der Waals surface area contributed by atoms with Gasteiger partial charge in [-0.15, -0.1) is 0 Å². The Morgan fingerprint density at radius 1 is 1.30 bits per heavy atom. The van der Waals surface area contributed by atoms with Gasteiger partial charge in [0.2, 0.25) is 10.0 Å². The molecular weight excluding hydrogens is 274 g/mol. The number of hydrogen-bond donors (Lipinski definition) is 2. The molecule has 2 rings (SSSR count). The van der Waals surface area contributed by atoms with E-state index < -0.39 is 10.0 Å². The van der Waals surface area contributed by atoms with Crippen LogP contribution in [0.4, 0.5) is 5.69 Å². The number of benzene rings is 1. The van der Waals surface area contributed by atoms with E-state index in [1.54, 1.807) is 19.1 Å². The molecule has 6 heteroatoms. The quantitative estimate of drug-likeness (QED) is 0.793. The van der Waals surface area contributed by atoms with Gasteiger partial charge in [0, 0.05) is 26.2 Å². The molecule has 0 unspecified atom stereocenters. The Morgan fingerprint density at radius 2 is 2.00 bits per heavy atom. The topological polar surface area (TPSA) is 61.4 Å². The fraction of sp³-hybridized carbons (Fsp3) is 0.571. The Labute approximate surface area is 121 Å². The molecule has 1 heterocycles. The van der Waals surface area contributed by atoms with Gasteiger partial charge in [0.05, 0.1) is 11.7 Å². The van der Waals surface area contributed by atoms with Crippen molar-refractivity contribution in [3.8, 4) is 0 Å². The molecule has 2 N–H and O–H groups in total. The van der Waals surface area contributed by atoms with Gasteiger partial charge in [-0.05, 0) is 18.6 Å². The second-order valence-corrected chi connectivity index (χ2v) is 6.71. The zero-order valence-electron chi connectivity index (χ0n) is 12.1. The Morgan fingerprint density at radius 3 is 2.55 bits per heavy atom. The van der Waals surface area contributed by atoms with Gasteiger partial charge >= 0.3 is 0 Å². The molecule has 1 aliphatic rings. The van der Waals surface area contributed by atoms with Crippen LogP contribution in [0.5, 0.6) is 0 Å². The molecule has 5 nitrogen and oxygen atoms in total. The number of anilines is 1. The van der Waals surface area contributed by atoms with Crippen LogP contribution in [0, 0.1) is 0 Å². The van der Waals surface area contributed by atoms with Crippen LogP contribution in [-0.4, -0.2) is 40.6 Å². The minimum absolute atomic E-state index is 0.377. The standard InChI is InChI=1S/C14H23N3O2S/c1-3-9-17(12-10-15-11-12)13-7-5-6-8-14(13)20(18,19)16-4-2/h5-8,12,15-16H,3-4,9-11H2,1-2H3. The van der Waals surface area contributed by atoms with Crippen molar-refractivity contribution < 1.29 is 8.42 Å². The normalized spacial score (nSPS) is 15.9. The van der Waals surface area contributed by atoms with Crippen molar-refractivity contribution in [2.45, 2.75) is 31.2 Å². The second kappa shape index (κ2) is 6.56. The van der Waals surface area contributed by atoms with Gasteiger partial charge < -0.3 is 10.2 Å². The third-order valence-corrected chi connectivity index (χ3v) is 5.06. The van der Waals surface area contributed by atoms with E-state index in [1.165, 1.54) is 0 Å². The summed E-state index contributed by atoms with van der Waals surface area (Å²) in [6.07, 6.45) is 0.992. The summed E-state index contributed by atoms with van der Waals surface area (Å²) >= 11 is 0. The van der Waals surface area contributed by atoms with Crippen molar-refractivity contribution in [3.05, 3.63) is 24.3 Å². The summed E-state index contributed by atoms with van der Waals surface area (Å²) in [6, 6.07) is 7.64. The lowest BCUT2D eigenvalue weighted by Crippen LogP contribution is -2.58. The number of nitrogens with one attached hydrogen (secondary N) is 2. The van der Waals surface area contributed by atoms with Crippen LogP contribution in [0.1, 0.15) is 20.3 Å². The Balaban J connectivity index is 2.39. The predicted molar refractivity (Wildman–Crippen MR) is 81.6 cm³/mol. The molecule has 0 amide bonds. The molecule has 1 aromatic carbocycles. The summed E-state index contributed by atoms with van der Waals surface area (Å²) in [5.74, 6) is 0. The Hall–Kier alpha value is -1.11. The fourth-order valence-corrected chi connectivity index (χ4v) is 3.68. The highest BCUT2D eigenvalue weighted by molar-refractivity contribution is 7.89. The van der Waals surface area contributed by atoms with E-state index in [4.69, 9.17) is 0 Å². The van der Waals surface area contributed by atoms with Crippen LogP contribution < -0.4 is 14.9 Å². The first-order valence-electron chi connectivity index (χ1n) is 7.16. The highest BCUT2D eigenvalue weighted by atomic mass is 32.2. The van der Waals surface area contributed by atoms with Crippen LogP contribution in [0.3, 0.4) is 0 Å². The molecule has 0 spiro atoms. The molecule has 20 heavy (non-hydrogen) atoms. The maximum absolute atomic E-state index is 12.3. The molecule has 0 saturated carbocycles. The smallest absolute Gasteiger partial charge is 0.242 e. The van der Waals surface area contributed by atoms with Gasteiger partial charge in [0.25, 0.3) is 0 Å². The summed E-state index contributed by atoms with van der Waals surface area (Å²) in [5.41, 5.74) is 0.807. The Kier molecular flexibility index (Phi) is 5.01. The van der Waals surface area contributed by atoms with Crippen molar-refractivity contribution >= 4 is 15.7 Å². The number of nitrogens with zero attached hydrogens (tertiary/aromatic N) is 1. The number of sulfonamides is 1. The number of para-hydroxylation sites is 1. The molecule has 0 atom stereocenters. The second-order valence-electron chi connectivity index (χ2n) is 4.97. The molecule has 0 aromatic heterocycles. The largest absolute Gasteiger partial charge is 0.365 e. The van der Waals surface area contributed by atoms with Crippen LogP contribution in [0.2, 0.25) is 0 Å². The molecule has 1 aromatic rings. The maximum Gasteiger partial charge on any atom is 0.242 e. The van der Waals surface area contributed by atoms with Crippen molar-refractivity contribution in [1.29, 1.82) is 0 Å². The molecule has 0 radical (unpaired) electrons. The first kappa shape index (κ1) is 15.3. The van der Waals surface area contributed by atoms with Crippen LogP contribution in [-0.2, 0) is 10.0 Å². The van der Waals surface area contributed by atoms with Crippen molar-refractivity contribution in [2.75, 3.05) is 31.1 Å². The van der Waals surface area contributed by atoms with Gasteiger partial charge in [-0.3, -0.25) is 0 Å². The highest BCUT2D eigenvalue weighted by Crippen LogP contribution is 2.27. The van der Waals surface area contributed by atoms with Crippen molar-refractivity contribution in [1.82, 2.24) is 10.0 Å². The van der Waals surface area contributed by atoms with E-state index in [2.05, 4.69) is 21.9 Å². The minimum atomic E-state index is -3.43. The van der Waals surface area contributed by atoms with Crippen molar-refractivity contribution in [2.24, 2.45) is 0 Å². The summed E-state index contributed by atoms with van der Waals surface area (Å²) in [7, 11) is -3.43. The average molecular weight is 297 g/mol. The summed E-state index contributed by atoms with van der Waals surface area (Å²) in [4.78, 5) is 2.59. The number of rotatable bonds is 7. The SMILES string of the molecule is CCCN(c1ccccc1S(=O)(=O)NCC)C1CNC1. The Bertz CT molecular complexity index is 541. The lowest BCUT2D eigenvalue weighted by atomic mass is 10.1. The lowest BCUT2D eigenvalue weighted by Gasteiger charge is -2.40. The van der Waals surface area contributed by atoms with Gasteiger partial charge in [0.15, 0.2) is 0 Å². The van der Waals surface area contributed by atoms with E-state index in [1.807, 2.05) is 12.1 Å². The average Bonchev–Trinajstić information content (AvgIpc) is 2.36. The van der Waals surface area contributed by atoms with Gasteiger partial charge in [-0.25, -0.2) is 13.1 Å². The van der Waals surface area contributed by atoms with Gasteiger partial charge in [-0.1, -0.05) is 26.0 Å². The highest BCUT2D eigenvalue weighted by Gasteiger charge is 2.28. The maximum atomic E-state index is 12.3. The first-order valence-corrected chi connectivity index (χ1v) is 8.64. The lowest BCUT2D eigenvalue weighted by molar-refractivity contribution is 0.411. The van der Waals surface area contributed by atoms with Gasteiger partial charge in [-0.2, -0.15) is 0 Å². The third-order valence-electron chi connectivity index (χ3n) is 3.46. The molecule has 1 saturated heterocycles. The molecule has 1 aliphatic heterocycles. The summed E-state index contributed by atoms with van der Waals surface area (Å²) in [6.45, 7) is 6.99. The predicted octanol–water partition coefficient (Wildman–Crippen LogP) is 1.17. The fourth-order valence-electron chi connectivity index (χ4n) is 2.42. The zero-order valence-corrected chi connectivity index (χ0v) is 12.9. The minimum Gasteiger partial charge on any atom is -0.365 e. The number of hydrogen-bond acceptors (Lipinski definition) is 4. The van der Waals surface area contributed by atoms with E-state index in [-0.39, 0.29) is 0 Å². The monoisotopic (exact) mass is 297 g/mol. The summed E-state index contributed by atoms with van der Waals surface area (Å²) in [5, 5.41) is 3.25. The van der Waals surface area contributed by atoms with Gasteiger partial charge in [0.1, 0.15) is 4.90 Å². The molecule has 0 aliphatic carbocycles. The third kappa shape index (κ3) is 3.13.